The Morgan fingerprint density at radius 2 is 2.14 bits per heavy atom. The van der Waals surface area contributed by atoms with Crippen molar-refractivity contribution < 1.29 is 9.53 Å². The Morgan fingerprint density at radius 3 is 2.82 bits per heavy atom. The molecule has 2 heterocycles. The highest BCUT2D eigenvalue weighted by Gasteiger charge is 2.13. The van der Waals surface area contributed by atoms with Crippen LogP contribution < -0.4 is 16.4 Å². The van der Waals surface area contributed by atoms with Gasteiger partial charge in [0.05, 0.1) is 12.8 Å². The first-order chi connectivity index (χ1) is 10.5. The summed E-state index contributed by atoms with van der Waals surface area (Å²) in [5.74, 6) is 1.08. The molecule has 2 rings (SSSR count). The van der Waals surface area contributed by atoms with Gasteiger partial charge in [0.15, 0.2) is 0 Å². The van der Waals surface area contributed by atoms with E-state index in [2.05, 4.69) is 15.6 Å². The lowest BCUT2D eigenvalue weighted by Gasteiger charge is -2.02. The first-order valence-electron chi connectivity index (χ1n) is 7.04. The highest BCUT2D eigenvalue weighted by molar-refractivity contribution is 5.89. The lowest BCUT2D eigenvalue weighted by molar-refractivity contribution is 0.0590. The summed E-state index contributed by atoms with van der Waals surface area (Å²) in [5, 5.41) is 6.39. The molecule has 0 bridgehead atoms. The summed E-state index contributed by atoms with van der Waals surface area (Å²) in [7, 11) is 5.05. The number of methoxy groups -OCH3 is 1. The number of nitrogens with two attached hydrogens (primary N) is 1. The lowest BCUT2D eigenvalue weighted by Crippen LogP contribution is -2.08. The van der Waals surface area contributed by atoms with Gasteiger partial charge in [-0.1, -0.05) is 0 Å². The summed E-state index contributed by atoms with van der Waals surface area (Å²) in [6, 6.07) is 1.72. The topological polar surface area (TPSA) is 99.1 Å². The number of aryl methyl sites for hydroxylation is 2. The van der Waals surface area contributed by atoms with Gasteiger partial charge in [-0.05, 0) is 19.0 Å². The normalized spacial score (nSPS) is 10.5. The van der Waals surface area contributed by atoms with Crippen LogP contribution in [0.2, 0.25) is 0 Å². The van der Waals surface area contributed by atoms with E-state index in [1.165, 1.54) is 7.11 Å². The number of carbonyl (C=O) groups is 1. The highest BCUT2D eigenvalue weighted by atomic mass is 16.5. The predicted octanol–water partition coefficient (Wildman–Crippen LogP) is 1.05. The second kappa shape index (κ2) is 6.99. The quantitative estimate of drug-likeness (QED) is 0.522. The summed E-state index contributed by atoms with van der Waals surface area (Å²) < 4.78 is 8.31. The molecule has 0 aliphatic carbocycles. The molecule has 0 aliphatic rings. The molecule has 0 amide bonds. The molecule has 2 aromatic heterocycles. The number of anilines is 3. The minimum absolute atomic E-state index is 0.375. The van der Waals surface area contributed by atoms with Crippen LogP contribution in [0.1, 0.15) is 16.9 Å². The van der Waals surface area contributed by atoms with Gasteiger partial charge >= 0.3 is 5.97 Å². The van der Waals surface area contributed by atoms with Gasteiger partial charge in [0.2, 0.25) is 5.95 Å². The third-order valence-electron chi connectivity index (χ3n) is 3.22. The number of esters is 1. The minimum atomic E-state index is -0.375. The smallest absolute Gasteiger partial charge is 0.354 e. The Balaban J connectivity index is 2.09. The molecule has 22 heavy (non-hydrogen) atoms. The van der Waals surface area contributed by atoms with Crippen LogP contribution >= 0.6 is 0 Å². The molecule has 4 N–H and O–H groups in total. The molecule has 0 atom stereocenters. The van der Waals surface area contributed by atoms with Crippen molar-refractivity contribution >= 4 is 23.4 Å². The van der Waals surface area contributed by atoms with Crippen LogP contribution in [-0.2, 0) is 18.8 Å². The van der Waals surface area contributed by atoms with Crippen molar-refractivity contribution in [1.82, 2.24) is 14.1 Å². The van der Waals surface area contributed by atoms with Gasteiger partial charge in [0, 0.05) is 33.0 Å². The van der Waals surface area contributed by atoms with Crippen LogP contribution in [0.15, 0.2) is 18.5 Å². The van der Waals surface area contributed by atoms with E-state index in [-0.39, 0.29) is 5.97 Å². The molecule has 0 fully saturated rings. The molecule has 0 saturated heterocycles. The van der Waals surface area contributed by atoms with Crippen molar-refractivity contribution in [1.29, 1.82) is 0 Å². The van der Waals surface area contributed by atoms with Crippen molar-refractivity contribution in [2.45, 2.75) is 6.42 Å². The number of hydrogen-bond acceptors (Lipinski definition) is 6. The number of nitrogens with zero attached hydrogens (tertiary/aromatic N) is 3. The molecular formula is C14H22N6O2. The molecule has 8 nitrogen and oxygen atoms in total. The van der Waals surface area contributed by atoms with Crippen molar-refractivity contribution in [2.75, 3.05) is 30.8 Å². The number of carbonyl (C=O) groups excluding carboxylic acids is 1. The van der Waals surface area contributed by atoms with Crippen LogP contribution in [0, 0.1) is 0 Å². The molecule has 0 spiro atoms. The zero-order chi connectivity index (χ0) is 16.1. The average Bonchev–Trinajstić information content (AvgIpc) is 3.02. The molecule has 0 radical (unpaired) electrons. The van der Waals surface area contributed by atoms with Crippen LogP contribution in [0.4, 0.5) is 17.5 Å². The first-order valence-corrected chi connectivity index (χ1v) is 7.04. The Hall–Kier alpha value is -2.48. The van der Waals surface area contributed by atoms with Crippen LogP contribution in [0.3, 0.4) is 0 Å². The van der Waals surface area contributed by atoms with Crippen molar-refractivity contribution in [3.05, 3.63) is 24.2 Å². The van der Waals surface area contributed by atoms with Gasteiger partial charge in [0.1, 0.15) is 11.5 Å². The second-order valence-corrected chi connectivity index (χ2v) is 4.97. The number of imidazole rings is 1. The summed E-state index contributed by atoms with van der Waals surface area (Å²) >= 11 is 0. The molecule has 0 unspecified atom stereocenters. The molecule has 0 saturated carbocycles. The van der Waals surface area contributed by atoms with E-state index in [1.54, 1.807) is 17.7 Å². The van der Waals surface area contributed by atoms with Gasteiger partial charge in [-0.25, -0.2) is 4.79 Å². The van der Waals surface area contributed by atoms with Crippen molar-refractivity contribution in [2.24, 2.45) is 19.8 Å². The fourth-order valence-corrected chi connectivity index (χ4v) is 2.06. The number of nitrogens with one attached hydrogen (secondary N) is 2. The fourth-order valence-electron chi connectivity index (χ4n) is 2.06. The van der Waals surface area contributed by atoms with Gasteiger partial charge in [-0.3, -0.25) is 0 Å². The largest absolute Gasteiger partial charge is 0.464 e. The number of aromatic nitrogens is 3. The lowest BCUT2D eigenvalue weighted by atomic mass is 10.4. The van der Waals surface area contributed by atoms with Crippen LogP contribution in [-0.4, -0.2) is 40.3 Å². The zero-order valence-corrected chi connectivity index (χ0v) is 13.1. The zero-order valence-electron chi connectivity index (χ0n) is 13.1. The van der Waals surface area contributed by atoms with Crippen LogP contribution in [0.25, 0.3) is 0 Å². The maximum absolute atomic E-state index is 11.6. The Kier molecular flexibility index (Phi) is 5.05. The Bertz CT molecular complexity index is 646. The molecule has 2 aromatic rings. The number of rotatable bonds is 7. The van der Waals surface area contributed by atoms with E-state index >= 15 is 0 Å². The molecule has 0 aromatic carbocycles. The van der Waals surface area contributed by atoms with Crippen molar-refractivity contribution in [3.8, 4) is 0 Å². The number of hydrogen-bond donors (Lipinski definition) is 3. The highest BCUT2D eigenvalue weighted by Crippen LogP contribution is 2.20. The maximum Gasteiger partial charge on any atom is 0.354 e. The third kappa shape index (κ3) is 3.59. The van der Waals surface area contributed by atoms with E-state index in [4.69, 9.17) is 10.5 Å². The molecule has 120 valence electrons. The Morgan fingerprint density at radius 1 is 1.36 bits per heavy atom. The summed E-state index contributed by atoms with van der Waals surface area (Å²) in [4.78, 5) is 16.1. The van der Waals surface area contributed by atoms with Crippen molar-refractivity contribution in [3.63, 3.8) is 0 Å². The summed E-state index contributed by atoms with van der Waals surface area (Å²) in [6.45, 7) is 1.43. The van der Waals surface area contributed by atoms with Gasteiger partial charge in [-0.15, -0.1) is 0 Å². The van der Waals surface area contributed by atoms with Gasteiger partial charge < -0.3 is 30.2 Å². The SMILES string of the molecule is COC(=O)c1cc(Nc2nc(NCCCN)cn2C)cn1C. The molecule has 8 heteroatoms. The summed E-state index contributed by atoms with van der Waals surface area (Å²) in [6.07, 6.45) is 4.59. The minimum Gasteiger partial charge on any atom is -0.464 e. The van der Waals surface area contributed by atoms with E-state index < -0.39 is 0 Å². The monoisotopic (exact) mass is 306 g/mol. The second-order valence-electron chi connectivity index (χ2n) is 4.97. The standard InChI is InChI=1S/C14H22N6O2/c1-19-8-10(7-11(19)13(21)22-3)17-14-18-12(9-20(14)2)16-6-4-5-15/h7-9,16H,4-6,15H2,1-3H3,(H,17,18). The maximum atomic E-state index is 11.6. The number of ether oxygens (including phenoxy) is 1. The van der Waals surface area contributed by atoms with Gasteiger partial charge in [0.25, 0.3) is 0 Å². The van der Waals surface area contributed by atoms with Crippen LogP contribution in [0.5, 0.6) is 0 Å². The third-order valence-corrected chi connectivity index (χ3v) is 3.22. The van der Waals surface area contributed by atoms with E-state index in [0.29, 0.717) is 18.2 Å². The Labute approximate surface area is 129 Å². The fraction of sp³-hybridized carbons (Fsp3) is 0.429. The first kappa shape index (κ1) is 15.9. The predicted molar refractivity (Wildman–Crippen MR) is 85.4 cm³/mol. The molecular weight excluding hydrogens is 284 g/mol. The average molecular weight is 306 g/mol. The van der Waals surface area contributed by atoms with E-state index in [0.717, 1.165) is 24.5 Å². The van der Waals surface area contributed by atoms with Gasteiger partial charge in [-0.2, -0.15) is 4.98 Å². The van der Waals surface area contributed by atoms with E-state index in [1.807, 2.05) is 24.0 Å². The van der Waals surface area contributed by atoms with E-state index in [9.17, 15) is 4.79 Å². The summed E-state index contributed by atoms with van der Waals surface area (Å²) in [5.41, 5.74) is 6.71. The molecule has 0 aliphatic heterocycles.